The summed E-state index contributed by atoms with van der Waals surface area (Å²) in [6, 6.07) is 0. The van der Waals surface area contributed by atoms with E-state index in [1.54, 1.807) is 0 Å². The number of hydrogen-bond acceptors (Lipinski definition) is 3. The maximum atomic E-state index is 8.45. The maximum absolute atomic E-state index is 8.45. The standard InChI is InChI=1S/C8H14N2O/c11-4-3-9-10-7-5-8(6-7)1-2-8/h9,11H,1-6H2. The Kier molecular flexibility index (Phi) is 1.60. The Hall–Kier alpha value is -0.570. The molecule has 11 heavy (non-hydrogen) atoms. The van der Waals surface area contributed by atoms with Crippen molar-refractivity contribution in [2.75, 3.05) is 13.2 Å². The van der Waals surface area contributed by atoms with Crippen LogP contribution in [0.15, 0.2) is 5.10 Å². The van der Waals surface area contributed by atoms with Crippen LogP contribution in [0.2, 0.25) is 0 Å². The third-order valence-corrected chi connectivity index (χ3v) is 2.58. The molecule has 2 N–H and O–H groups in total. The zero-order chi connectivity index (χ0) is 7.73. The molecule has 2 aliphatic rings. The molecule has 0 saturated heterocycles. The van der Waals surface area contributed by atoms with Crippen molar-refractivity contribution in [3.8, 4) is 0 Å². The van der Waals surface area contributed by atoms with E-state index in [-0.39, 0.29) is 6.61 Å². The lowest BCUT2D eigenvalue weighted by Gasteiger charge is -2.27. The summed E-state index contributed by atoms with van der Waals surface area (Å²) in [4.78, 5) is 0. The van der Waals surface area contributed by atoms with Crippen molar-refractivity contribution in [2.45, 2.75) is 25.7 Å². The van der Waals surface area contributed by atoms with Gasteiger partial charge in [-0.3, -0.25) is 0 Å². The van der Waals surface area contributed by atoms with Gasteiger partial charge >= 0.3 is 0 Å². The Balaban J connectivity index is 1.68. The normalized spacial score (nSPS) is 24.6. The van der Waals surface area contributed by atoms with Crippen LogP contribution in [0.5, 0.6) is 0 Å². The summed E-state index contributed by atoms with van der Waals surface area (Å²) < 4.78 is 0. The Morgan fingerprint density at radius 2 is 2.18 bits per heavy atom. The van der Waals surface area contributed by atoms with Gasteiger partial charge in [0.15, 0.2) is 0 Å². The molecule has 2 rings (SSSR count). The molecule has 0 aromatic rings. The fourth-order valence-electron chi connectivity index (χ4n) is 1.64. The molecule has 0 aromatic carbocycles. The third kappa shape index (κ3) is 1.38. The van der Waals surface area contributed by atoms with Gasteiger partial charge in [0.1, 0.15) is 0 Å². The molecule has 1 spiro atoms. The van der Waals surface area contributed by atoms with Gasteiger partial charge in [0, 0.05) is 5.71 Å². The first-order chi connectivity index (χ1) is 5.35. The van der Waals surface area contributed by atoms with Gasteiger partial charge in [-0.1, -0.05) is 0 Å². The van der Waals surface area contributed by atoms with E-state index in [2.05, 4.69) is 10.5 Å². The summed E-state index contributed by atoms with van der Waals surface area (Å²) >= 11 is 0. The first-order valence-electron chi connectivity index (χ1n) is 4.24. The van der Waals surface area contributed by atoms with E-state index in [0.717, 1.165) is 0 Å². The second kappa shape index (κ2) is 2.48. The van der Waals surface area contributed by atoms with E-state index >= 15 is 0 Å². The minimum Gasteiger partial charge on any atom is -0.394 e. The highest BCUT2D eigenvalue weighted by molar-refractivity contribution is 5.92. The van der Waals surface area contributed by atoms with E-state index in [9.17, 15) is 0 Å². The minimum absolute atomic E-state index is 0.169. The lowest BCUT2D eigenvalue weighted by molar-refractivity contribution is 0.293. The number of nitrogens with one attached hydrogen (secondary N) is 1. The fraction of sp³-hybridized carbons (Fsp3) is 0.875. The molecule has 0 radical (unpaired) electrons. The molecule has 62 valence electrons. The monoisotopic (exact) mass is 154 g/mol. The van der Waals surface area contributed by atoms with Crippen LogP contribution in [0.4, 0.5) is 0 Å². The summed E-state index contributed by atoms with van der Waals surface area (Å²) in [5, 5.41) is 12.6. The first kappa shape index (κ1) is 7.10. The van der Waals surface area contributed by atoms with E-state index in [4.69, 9.17) is 5.11 Å². The molecule has 0 heterocycles. The Morgan fingerprint density at radius 1 is 1.45 bits per heavy atom. The fourth-order valence-corrected chi connectivity index (χ4v) is 1.64. The van der Waals surface area contributed by atoms with E-state index in [1.165, 1.54) is 31.4 Å². The van der Waals surface area contributed by atoms with Crippen LogP contribution in [0.25, 0.3) is 0 Å². The van der Waals surface area contributed by atoms with Crippen molar-refractivity contribution in [1.29, 1.82) is 0 Å². The first-order valence-corrected chi connectivity index (χ1v) is 4.24. The van der Waals surface area contributed by atoms with Crippen LogP contribution >= 0.6 is 0 Å². The van der Waals surface area contributed by atoms with Crippen molar-refractivity contribution < 1.29 is 5.11 Å². The van der Waals surface area contributed by atoms with E-state index in [1.807, 2.05) is 0 Å². The van der Waals surface area contributed by atoms with Gasteiger partial charge in [0.05, 0.1) is 13.2 Å². The molecule has 2 fully saturated rings. The molecule has 3 nitrogen and oxygen atoms in total. The van der Waals surface area contributed by atoms with Crippen molar-refractivity contribution >= 4 is 5.71 Å². The Labute approximate surface area is 66.5 Å². The van der Waals surface area contributed by atoms with Gasteiger partial charge in [-0.05, 0) is 31.1 Å². The quantitative estimate of drug-likeness (QED) is 0.459. The van der Waals surface area contributed by atoms with Gasteiger partial charge in [-0.15, -0.1) is 0 Å². The van der Waals surface area contributed by atoms with Crippen LogP contribution in [0.3, 0.4) is 0 Å². The lowest BCUT2D eigenvalue weighted by Crippen LogP contribution is -2.27. The molecule has 0 unspecified atom stereocenters. The highest BCUT2D eigenvalue weighted by Gasteiger charge is 2.51. The molecular weight excluding hydrogens is 140 g/mol. The highest BCUT2D eigenvalue weighted by atomic mass is 16.3. The largest absolute Gasteiger partial charge is 0.394 e. The van der Waals surface area contributed by atoms with Crippen LogP contribution in [-0.4, -0.2) is 24.0 Å². The van der Waals surface area contributed by atoms with E-state index < -0.39 is 0 Å². The second-order valence-corrected chi connectivity index (χ2v) is 3.66. The summed E-state index contributed by atoms with van der Waals surface area (Å²) in [6.07, 6.45) is 5.22. The van der Waals surface area contributed by atoms with Gasteiger partial charge in [0.25, 0.3) is 0 Å². The summed E-state index contributed by atoms with van der Waals surface area (Å²) in [6.45, 7) is 0.748. The zero-order valence-corrected chi connectivity index (χ0v) is 6.64. The van der Waals surface area contributed by atoms with Crippen LogP contribution < -0.4 is 5.43 Å². The van der Waals surface area contributed by atoms with Crippen LogP contribution in [-0.2, 0) is 0 Å². The number of hydrogen-bond donors (Lipinski definition) is 2. The number of aliphatic hydroxyl groups is 1. The van der Waals surface area contributed by atoms with Crippen LogP contribution in [0.1, 0.15) is 25.7 Å². The summed E-state index contributed by atoms with van der Waals surface area (Å²) in [5.41, 5.74) is 4.84. The Bertz CT molecular complexity index is 175. The van der Waals surface area contributed by atoms with Crippen LogP contribution in [0, 0.1) is 5.41 Å². The molecule has 0 aliphatic heterocycles. The van der Waals surface area contributed by atoms with Gasteiger partial charge in [-0.25, -0.2) is 0 Å². The molecule has 0 atom stereocenters. The van der Waals surface area contributed by atoms with Crippen molar-refractivity contribution in [3.63, 3.8) is 0 Å². The van der Waals surface area contributed by atoms with Gasteiger partial charge in [-0.2, -0.15) is 5.10 Å². The van der Waals surface area contributed by atoms with Crippen molar-refractivity contribution in [2.24, 2.45) is 10.5 Å². The molecule has 2 aliphatic carbocycles. The summed E-state index contributed by atoms with van der Waals surface area (Å²) in [7, 11) is 0. The number of aliphatic hydroxyl groups excluding tert-OH is 1. The Morgan fingerprint density at radius 3 is 2.73 bits per heavy atom. The van der Waals surface area contributed by atoms with Gasteiger partial charge < -0.3 is 10.5 Å². The predicted octanol–water partition coefficient (Wildman–Crippen LogP) is 0.498. The average molecular weight is 154 g/mol. The second-order valence-electron chi connectivity index (χ2n) is 3.66. The molecular formula is C8H14N2O. The number of rotatable bonds is 3. The van der Waals surface area contributed by atoms with E-state index in [0.29, 0.717) is 12.0 Å². The van der Waals surface area contributed by atoms with Crippen molar-refractivity contribution in [1.82, 2.24) is 5.43 Å². The maximum Gasteiger partial charge on any atom is 0.0620 e. The number of hydrazone groups is 1. The number of nitrogens with zero attached hydrogens (tertiary/aromatic N) is 1. The molecule has 0 bridgehead atoms. The van der Waals surface area contributed by atoms with Crippen molar-refractivity contribution in [3.05, 3.63) is 0 Å². The molecule has 0 amide bonds. The zero-order valence-electron chi connectivity index (χ0n) is 6.64. The third-order valence-electron chi connectivity index (χ3n) is 2.58. The molecule has 3 heteroatoms. The SMILES string of the molecule is OCCNN=C1CC2(CC2)C1. The topological polar surface area (TPSA) is 44.6 Å². The smallest absolute Gasteiger partial charge is 0.0620 e. The molecule has 0 aromatic heterocycles. The predicted molar refractivity (Wildman–Crippen MR) is 43.4 cm³/mol. The molecule has 2 saturated carbocycles. The minimum atomic E-state index is 0.169. The van der Waals surface area contributed by atoms with Gasteiger partial charge in [0.2, 0.25) is 0 Å². The highest BCUT2D eigenvalue weighted by Crippen LogP contribution is 2.59. The average Bonchev–Trinajstić information content (AvgIpc) is 2.66. The summed E-state index contributed by atoms with van der Waals surface area (Å²) in [5.74, 6) is 0. The lowest BCUT2D eigenvalue weighted by atomic mass is 9.80.